The largest absolute Gasteiger partial charge is 0.452 e. The zero-order valence-electron chi connectivity index (χ0n) is 34.3. The highest BCUT2D eigenvalue weighted by Gasteiger charge is 2.51. The molecule has 5 nitrogen and oxygen atoms in total. The third kappa shape index (κ3) is 4.19. The van der Waals surface area contributed by atoms with E-state index in [2.05, 4.69) is 203 Å². The Bertz CT molecular complexity index is 4100. The molecule has 4 heterocycles. The summed E-state index contributed by atoms with van der Waals surface area (Å²) in [5.41, 5.74) is 19.3. The van der Waals surface area contributed by atoms with Crippen LogP contribution in [0.4, 0.5) is 0 Å². The predicted molar refractivity (Wildman–Crippen MR) is 260 cm³/mol. The molecule has 2 aliphatic carbocycles. The number of rotatable bonds is 3. The maximum absolute atomic E-state index is 6.78. The molecule has 0 amide bonds. The van der Waals surface area contributed by atoms with Crippen molar-refractivity contribution in [3.63, 3.8) is 0 Å². The summed E-state index contributed by atoms with van der Waals surface area (Å²) in [7, 11) is 0. The van der Waals surface area contributed by atoms with Crippen LogP contribution in [-0.2, 0) is 5.41 Å². The molecule has 296 valence electrons. The Balaban J connectivity index is 1.03. The lowest BCUT2D eigenvalue weighted by atomic mass is 9.70. The molecule has 64 heavy (non-hydrogen) atoms. The molecule has 5 heteroatoms. The quantitative estimate of drug-likeness (QED) is 0.178. The summed E-state index contributed by atoms with van der Waals surface area (Å²) in [6.45, 7) is 0. The lowest BCUT2D eigenvalue weighted by Crippen LogP contribution is -2.25. The molecule has 0 saturated heterocycles. The van der Waals surface area contributed by atoms with Crippen LogP contribution in [0, 0.1) is 0 Å². The molecule has 0 atom stereocenters. The molecule has 0 saturated carbocycles. The van der Waals surface area contributed by atoms with Crippen LogP contribution in [0.1, 0.15) is 22.3 Å². The number of furan rings is 1. The van der Waals surface area contributed by atoms with Crippen LogP contribution in [0.2, 0.25) is 0 Å². The lowest BCUT2D eigenvalue weighted by Gasteiger charge is -2.30. The van der Waals surface area contributed by atoms with Crippen LogP contribution in [0.3, 0.4) is 0 Å². The first-order valence-electron chi connectivity index (χ1n) is 21.9. The SMILES string of the molecule is c1ccc(-n2c3ccccc3c3ccc4c(c5ccccc5n4-c4nc(-c5ccc6c(c5)-c5ccccc5C65c6ccccc6-c6ccccc65)c5oc6ccccc6c5n4)c32)cc1. The molecular weight excluding hydrogens is 781 g/mol. The summed E-state index contributed by atoms with van der Waals surface area (Å²) in [6.07, 6.45) is 0. The monoisotopic (exact) mass is 814 g/mol. The van der Waals surface area contributed by atoms with Crippen LogP contribution in [-0.4, -0.2) is 19.1 Å². The third-order valence-electron chi connectivity index (χ3n) is 14.2. The van der Waals surface area contributed by atoms with Gasteiger partial charge in [-0.1, -0.05) is 158 Å². The van der Waals surface area contributed by atoms with Crippen LogP contribution in [0.15, 0.2) is 211 Å². The van der Waals surface area contributed by atoms with Gasteiger partial charge in [0.25, 0.3) is 0 Å². The number of hydrogen-bond donors (Lipinski definition) is 0. The van der Waals surface area contributed by atoms with Gasteiger partial charge in [0.05, 0.1) is 27.5 Å². The number of nitrogens with zero attached hydrogens (tertiary/aromatic N) is 4. The highest BCUT2D eigenvalue weighted by Crippen LogP contribution is 2.63. The Morgan fingerprint density at radius 1 is 0.406 bits per heavy atom. The molecule has 15 rings (SSSR count). The second-order valence-electron chi connectivity index (χ2n) is 17.2. The van der Waals surface area contributed by atoms with E-state index in [-0.39, 0.29) is 0 Å². The van der Waals surface area contributed by atoms with Crippen molar-refractivity contribution < 1.29 is 4.42 Å². The van der Waals surface area contributed by atoms with Gasteiger partial charge in [0.2, 0.25) is 5.95 Å². The first-order chi connectivity index (χ1) is 31.8. The second kappa shape index (κ2) is 12.3. The minimum atomic E-state index is -0.431. The minimum absolute atomic E-state index is 0.431. The number of hydrogen-bond acceptors (Lipinski definition) is 3. The predicted octanol–water partition coefficient (Wildman–Crippen LogP) is 14.6. The Kier molecular flexibility index (Phi) is 6.56. The molecule has 13 aromatic rings. The van der Waals surface area contributed by atoms with E-state index in [9.17, 15) is 0 Å². The van der Waals surface area contributed by atoms with E-state index in [0.29, 0.717) is 11.5 Å². The van der Waals surface area contributed by atoms with E-state index < -0.39 is 5.41 Å². The minimum Gasteiger partial charge on any atom is -0.452 e. The molecule has 2 aliphatic rings. The first-order valence-corrected chi connectivity index (χ1v) is 21.9. The van der Waals surface area contributed by atoms with Crippen LogP contribution >= 0.6 is 0 Å². The summed E-state index contributed by atoms with van der Waals surface area (Å²) in [4.78, 5) is 11.1. The lowest BCUT2D eigenvalue weighted by molar-refractivity contribution is 0.666. The van der Waals surface area contributed by atoms with Crippen molar-refractivity contribution in [1.82, 2.24) is 19.1 Å². The normalized spacial score (nSPS) is 13.4. The molecule has 0 fully saturated rings. The van der Waals surface area contributed by atoms with E-state index in [1.807, 2.05) is 12.1 Å². The average molecular weight is 815 g/mol. The third-order valence-corrected chi connectivity index (χ3v) is 14.2. The summed E-state index contributed by atoms with van der Waals surface area (Å²) in [5.74, 6) is 0.595. The maximum atomic E-state index is 6.78. The van der Waals surface area contributed by atoms with Crippen molar-refractivity contribution in [2.24, 2.45) is 0 Å². The second-order valence-corrected chi connectivity index (χ2v) is 17.2. The van der Waals surface area contributed by atoms with E-state index in [1.165, 1.54) is 60.8 Å². The van der Waals surface area contributed by atoms with Crippen molar-refractivity contribution in [3.8, 4) is 45.1 Å². The zero-order valence-corrected chi connectivity index (χ0v) is 34.3. The van der Waals surface area contributed by atoms with Gasteiger partial charge in [0, 0.05) is 38.2 Å². The fourth-order valence-electron chi connectivity index (χ4n) is 11.7. The molecule has 0 aliphatic heterocycles. The smallest absolute Gasteiger partial charge is 0.236 e. The van der Waals surface area contributed by atoms with Gasteiger partial charge in [-0.25, -0.2) is 9.97 Å². The van der Waals surface area contributed by atoms with Gasteiger partial charge in [0.1, 0.15) is 16.8 Å². The molecule has 0 N–H and O–H groups in total. The number of para-hydroxylation sites is 4. The number of benzene rings is 9. The van der Waals surface area contributed by atoms with Crippen molar-refractivity contribution in [3.05, 3.63) is 229 Å². The Hall–Kier alpha value is -8.54. The zero-order chi connectivity index (χ0) is 41.7. The van der Waals surface area contributed by atoms with Crippen LogP contribution in [0.5, 0.6) is 0 Å². The molecule has 1 spiro atoms. The summed E-state index contributed by atoms with van der Waals surface area (Å²) in [5, 5.41) is 5.68. The van der Waals surface area contributed by atoms with Gasteiger partial charge in [-0.05, 0) is 93.0 Å². The van der Waals surface area contributed by atoms with Gasteiger partial charge in [0.15, 0.2) is 5.58 Å². The fourth-order valence-corrected chi connectivity index (χ4v) is 11.7. The standard InChI is InChI=1S/C59H34N4O/c1-2-16-36(17-3-1)62-49-27-13-7-21-40(49)41-31-33-51-53(56(41)62)42-22-8-14-28-50(42)63(51)58-60-54(57-55(61-58)43-23-9-15-29-52(43)64-57)35-30-32-48-44(34-35)39-20-6-12-26-47(39)59(48)45-24-10-4-18-37(45)38-19-5-11-25-46(38)59/h1-34H. The van der Waals surface area contributed by atoms with Gasteiger partial charge < -0.3 is 8.98 Å². The van der Waals surface area contributed by atoms with E-state index in [0.717, 1.165) is 60.8 Å². The Morgan fingerprint density at radius 3 is 1.72 bits per heavy atom. The Labute approximate surface area is 366 Å². The van der Waals surface area contributed by atoms with Gasteiger partial charge in [-0.15, -0.1) is 0 Å². The molecule has 0 radical (unpaired) electrons. The summed E-state index contributed by atoms with van der Waals surface area (Å²) < 4.78 is 11.5. The highest BCUT2D eigenvalue weighted by atomic mass is 16.3. The molecule has 9 aromatic carbocycles. The first kappa shape index (κ1) is 34.1. The van der Waals surface area contributed by atoms with Gasteiger partial charge in [-0.2, -0.15) is 0 Å². The summed E-state index contributed by atoms with van der Waals surface area (Å²) in [6, 6.07) is 74.6. The molecule has 0 bridgehead atoms. The van der Waals surface area contributed by atoms with Crippen molar-refractivity contribution in [1.29, 1.82) is 0 Å². The fraction of sp³-hybridized carbons (Fsp3) is 0.0169. The summed E-state index contributed by atoms with van der Waals surface area (Å²) >= 11 is 0. The van der Waals surface area contributed by atoms with Gasteiger partial charge >= 0.3 is 0 Å². The maximum Gasteiger partial charge on any atom is 0.236 e. The van der Waals surface area contributed by atoms with Crippen molar-refractivity contribution in [2.75, 3.05) is 0 Å². The Morgan fingerprint density at radius 2 is 0.984 bits per heavy atom. The molecular formula is C59H34N4O. The number of aromatic nitrogens is 4. The van der Waals surface area contributed by atoms with E-state index in [1.54, 1.807) is 0 Å². The van der Waals surface area contributed by atoms with Crippen LogP contribution in [0.25, 0.3) is 111 Å². The van der Waals surface area contributed by atoms with Gasteiger partial charge in [-0.3, -0.25) is 4.57 Å². The van der Waals surface area contributed by atoms with Crippen molar-refractivity contribution >= 4 is 65.7 Å². The molecule has 0 unspecified atom stereocenters. The number of fused-ring (bicyclic) bond motifs is 20. The average Bonchev–Trinajstić information content (AvgIpc) is 4.15. The topological polar surface area (TPSA) is 48.8 Å². The van der Waals surface area contributed by atoms with Crippen LogP contribution < -0.4 is 0 Å². The van der Waals surface area contributed by atoms with E-state index >= 15 is 0 Å². The molecule has 4 aromatic heterocycles. The van der Waals surface area contributed by atoms with Crippen molar-refractivity contribution in [2.45, 2.75) is 5.41 Å². The van der Waals surface area contributed by atoms with E-state index in [4.69, 9.17) is 14.4 Å². The highest BCUT2D eigenvalue weighted by molar-refractivity contribution is 6.26.